The van der Waals surface area contributed by atoms with Gasteiger partial charge in [-0.25, -0.2) is 0 Å². The maximum absolute atomic E-state index is 12.0. The van der Waals surface area contributed by atoms with Crippen molar-refractivity contribution in [2.45, 2.75) is 45.6 Å². The van der Waals surface area contributed by atoms with Gasteiger partial charge < -0.3 is 15.4 Å². The summed E-state index contributed by atoms with van der Waals surface area (Å²) in [5, 5.41) is 6.13. The minimum Gasteiger partial charge on any atom is -0.456 e. The number of nitrogens with one attached hydrogen (secondary N) is 2. The second-order valence-electron chi connectivity index (χ2n) is 7.11. The molecule has 27 heavy (non-hydrogen) atoms. The molecule has 2 rings (SSSR count). The van der Waals surface area contributed by atoms with Crippen LogP contribution in [0, 0.1) is 11.8 Å². The van der Waals surface area contributed by atoms with Crippen LogP contribution in [0.3, 0.4) is 0 Å². The molecular weight excluding hydrogens is 368 g/mol. The molecule has 2 amide bonds. The van der Waals surface area contributed by atoms with Crippen LogP contribution in [0.1, 0.15) is 49.9 Å². The van der Waals surface area contributed by atoms with E-state index in [0.29, 0.717) is 22.4 Å². The Morgan fingerprint density at radius 1 is 1.15 bits per heavy atom. The molecule has 1 aromatic carbocycles. The van der Waals surface area contributed by atoms with Gasteiger partial charge in [0.05, 0.1) is 6.42 Å². The minimum absolute atomic E-state index is 0.00345. The number of benzene rings is 1. The molecule has 0 saturated heterocycles. The molecule has 1 saturated carbocycles. The van der Waals surface area contributed by atoms with Gasteiger partial charge >= 0.3 is 5.97 Å². The number of ether oxygens (including phenoxy) is 1. The van der Waals surface area contributed by atoms with Crippen LogP contribution < -0.4 is 10.6 Å². The molecule has 2 N–H and O–H groups in total. The third-order valence-electron chi connectivity index (χ3n) is 5.14. The first kappa shape index (κ1) is 21.2. The van der Waals surface area contributed by atoms with Crippen molar-refractivity contribution in [2.24, 2.45) is 11.8 Å². The SMILES string of the molecule is CC1CCCC(NC(=O)COC(=O)CCNC(=O)c2ccc(Cl)cc2)C1C. The van der Waals surface area contributed by atoms with Crippen LogP contribution in [-0.4, -0.2) is 37.0 Å². The second-order valence-corrected chi connectivity index (χ2v) is 7.55. The van der Waals surface area contributed by atoms with E-state index in [0.717, 1.165) is 12.8 Å². The van der Waals surface area contributed by atoms with Gasteiger partial charge in [-0.05, 0) is 42.5 Å². The van der Waals surface area contributed by atoms with Gasteiger partial charge in [0, 0.05) is 23.2 Å². The summed E-state index contributed by atoms with van der Waals surface area (Å²) < 4.78 is 4.99. The van der Waals surface area contributed by atoms with Crippen molar-refractivity contribution >= 4 is 29.4 Å². The molecule has 1 aliphatic carbocycles. The van der Waals surface area contributed by atoms with Crippen LogP contribution in [-0.2, 0) is 14.3 Å². The number of rotatable bonds is 7. The number of halogens is 1. The van der Waals surface area contributed by atoms with Gasteiger partial charge in [-0.2, -0.15) is 0 Å². The summed E-state index contributed by atoms with van der Waals surface area (Å²) in [6.07, 6.45) is 3.25. The first-order chi connectivity index (χ1) is 12.9. The van der Waals surface area contributed by atoms with Crippen molar-refractivity contribution in [1.82, 2.24) is 10.6 Å². The van der Waals surface area contributed by atoms with Crippen LogP contribution in [0.25, 0.3) is 0 Å². The molecule has 1 fully saturated rings. The highest BCUT2D eigenvalue weighted by Gasteiger charge is 2.28. The lowest BCUT2D eigenvalue weighted by molar-refractivity contribution is -0.148. The molecule has 0 spiro atoms. The van der Waals surface area contributed by atoms with Crippen LogP contribution >= 0.6 is 11.6 Å². The normalized spacial score (nSPS) is 22.0. The highest BCUT2D eigenvalue weighted by atomic mass is 35.5. The third-order valence-corrected chi connectivity index (χ3v) is 5.39. The predicted molar refractivity (Wildman–Crippen MR) is 103 cm³/mol. The third kappa shape index (κ3) is 6.86. The molecule has 1 aliphatic rings. The van der Waals surface area contributed by atoms with E-state index in [1.165, 1.54) is 6.42 Å². The maximum Gasteiger partial charge on any atom is 0.308 e. The van der Waals surface area contributed by atoms with Crippen molar-refractivity contribution in [1.29, 1.82) is 0 Å². The highest BCUT2D eigenvalue weighted by molar-refractivity contribution is 6.30. The van der Waals surface area contributed by atoms with Crippen molar-refractivity contribution in [3.8, 4) is 0 Å². The topological polar surface area (TPSA) is 84.5 Å². The van der Waals surface area contributed by atoms with Crippen molar-refractivity contribution in [3.63, 3.8) is 0 Å². The Hall–Kier alpha value is -2.08. The molecule has 7 heteroatoms. The average molecular weight is 395 g/mol. The van der Waals surface area contributed by atoms with Gasteiger partial charge in [0.25, 0.3) is 11.8 Å². The first-order valence-corrected chi connectivity index (χ1v) is 9.73. The number of hydrogen-bond acceptors (Lipinski definition) is 4. The van der Waals surface area contributed by atoms with Gasteiger partial charge in [0.2, 0.25) is 0 Å². The zero-order chi connectivity index (χ0) is 19.8. The molecule has 0 heterocycles. The monoisotopic (exact) mass is 394 g/mol. The summed E-state index contributed by atoms with van der Waals surface area (Å²) in [5.74, 6) is -0.0962. The Labute approximate surface area is 165 Å². The Balaban J connectivity index is 1.63. The van der Waals surface area contributed by atoms with E-state index in [9.17, 15) is 14.4 Å². The van der Waals surface area contributed by atoms with Gasteiger partial charge in [0.1, 0.15) is 0 Å². The van der Waals surface area contributed by atoms with E-state index in [1.54, 1.807) is 24.3 Å². The van der Waals surface area contributed by atoms with Crippen LogP contribution in [0.15, 0.2) is 24.3 Å². The second kappa shape index (κ2) is 10.3. The van der Waals surface area contributed by atoms with E-state index in [2.05, 4.69) is 24.5 Å². The number of carbonyl (C=O) groups excluding carboxylic acids is 3. The number of carbonyl (C=O) groups is 3. The van der Waals surface area contributed by atoms with Gasteiger partial charge in [-0.15, -0.1) is 0 Å². The summed E-state index contributed by atoms with van der Waals surface area (Å²) in [5.41, 5.74) is 0.461. The Bertz CT molecular complexity index is 662. The fourth-order valence-corrected chi connectivity index (χ4v) is 3.36. The first-order valence-electron chi connectivity index (χ1n) is 9.35. The smallest absolute Gasteiger partial charge is 0.308 e. The summed E-state index contributed by atoms with van der Waals surface area (Å²) >= 11 is 5.77. The van der Waals surface area contributed by atoms with E-state index in [4.69, 9.17) is 16.3 Å². The molecule has 3 atom stereocenters. The molecule has 148 valence electrons. The number of esters is 1. The van der Waals surface area contributed by atoms with Gasteiger partial charge in [-0.1, -0.05) is 38.3 Å². The standard InChI is InChI=1S/C20H27ClN2O4/c1-13-4-3-5-17(14(13)2)23-18(24)12-27-19(25)10-11-22-20(26)15-6-8-16(21)9-7-15/h6-9,13-14,17H,3-5,10-12H2,1-2H3,(H,22,26)(H,23,24). The Morgan fingerprint density at radius 2 is 1.85 bits per heavy atom. The average Bonchev–Trinajstić information content (AvgIpc) is 2.64. The fourth-order valence-electron chi connectivity index (χ4n) is 3.23. The summed E-state index contributed by atoms with van der Waals surface area (Å²) in [6, 6.07) is 6.59. The molecule has 6 nitrogen and oxygen atoms in total. The maximum atomic E-state index is 12.0. The molecule has 1 aromatic rings. The summed E-state index contributed by atoms with van der Waals surface area (Å²) in [4.78, 5) is 35.7. The Kier molecular flexibility index (Phi) is 8.10. The van der Waals surface area contributed by atoms with Crippen molar-refractivity contribution < 1.29 is 19.1 Å². The van der Waals surface area contributed by atoms with E-state index in [1.807, 2.05) is 0 Å². The van der Waals surface area contributed by atoms with E-state index < -0.39 is 5.97 Å². The quantitative estimate of drug-likeness (QED) is 0.696. The summed E-state index contributed by atoms with van der Waals surface area (Å²) in [6.45, 7) is 4.19. The van der Waals surface area contributed by atoms with Crippen molar-refractivity contribution in [3.05, 3.63) is 34.9 Å². The number of hydrogen-bond donors (Lipinski definition) is 2. The molecule has 0 bridgehead atoms. The molecule has 0 radical (unpaired) electrons. The van der Waals surface area contributed by atoms with Crippen molar-refractivity contribution in [2.75, 3.05) is 13.2 Å². The van der Waals surface area contributed by atoms with Crippen LogP contribution in [0.5, 0.6) is 0 Å². The molecule has 0 aliphatic heterocycles. The minimum atomic E-state index is -0.522. The molecule has 0 aromatic heterocycles. The van der Waals surface area contributed by atoms with Crippen LogP contribution in [0.2, 0.25) is 5.02 Å². The molecule has 3 unspecified atom stereocenters. The van der Waals surface area contributed by atoms with Gasteiger partial charge in [0.15, 0.2) is 6.61 Å². The van der Waals surface area contributed by atoms with E-state index >= 15 is 0 Å². The fraction of sp³-hybridized carbons (Fsp3) is 0.550. The lowest BCUT2D eigenvalue weighted by Crippen LogP contribution is -2.45. The van der Waals surface area contributed by atoms with Gasteiger partial charge in [-0.3, -0.25) is 14.4 Å². The summed E-state index contributed by atoms with van der Waals surface area (Å²) in [7, 11) is 0. The van der Waals surface area contributed by atoms with E-state index in [-0.39, 0.29) is 37.4 Å². The molecular formula is C20H27ClN2O4. The lowest BCUT2D eigenvalue weighted by Gasteiger charge is -2.34. The Morgan fingerprint density at radius 3 is 2.56 bits per heavy atom. The largest absolute Gasteiger partial charge is 0.456 e. The van der Waals surface area contributed by atoms with Crippen LogP contribution in [0.4, 0.5) is 0 Å². The predicted octanol–water partition coefficient (Wildman–Crippen LogP) is 2.94. The zero-order valence-electron chi connectivity index (χ0n) is 15.8. The lowest BCUT2D eigenvalue weighted by atomic mass is 9.78. The zero-order valence-corrected chi connectivity index (χ0v) is 16.6. The number of amides is 2. The highest BCUT2D eigenvalue weighted by Crippen LogP contribution is 2.29.